The Balaban J connectivity index is 2.41. The summed E-state index contributed by atoms with van der Waals surface area (Å²) in [6.07, 6.45) is 3.50. The highest BCUT2D eigenvalue weighted by molar-refractivity contribution is 6.00. The lowest BCUT2D eigenvalue weighted by Gasteiger charge is -2.25. The van der Waals surface area contributed by atoms with Gasteiger partial charge in [0.1, 0.15) is 0 Å². The van der Waals surface area contributed by atoms with Gasteiger partial charge >= 0.3 is 0 Å². The van der Waals surface area contributed by atoms with Crippen molar-refractivity contribution in [2.24, 2.45) is 0 Å². The van der Waals surface area contributed by atoms with Crippen LogP contribution < -0.4 is 4.90 Å². The highest BCUT2D eigenvalue weighted by atomic mass is 16.1. The van der Waals surface area contributed by atoms with Crippen LogP contribution in [0.4, 0.5) is 5.69 Å². The van der Waals surface area contributed by atoms with E-state index in [1.165, 1.54) is 0 Å². The molecule has 0 aliphatic carbocycles. The monoisotopic (exact) mass is 279 g/mol. The molecule has 0 fully saturated rings. The van der Waals surface area contributed by atoms with Crippen molar-refractivity contribution in [3.63, 3.8) is 0 Å². The van der Waals surface area contributed by atoms with Crippen molar-refractivity contribution in [1.29, 1.82) is 5.26 Å². The molecule has 0 N–H and O–H groups in total. The molecule has 1 heterocycles. The predicted molar refractivity (Wildman–Crippen MR) is 82.1 cm³/mol. The first kappa shape index (κ1) is 14.7. The molecule has 2 aromatic rings. The van der Waals surface area contributed by atoms with E-state index >= 15 is 0 Å². The lowest BCUT2D eigenvalue weighted by Crippen LogP contribution is -2.24. The number of carbonyl (C=O) groups is 1. The van der Waals surface area contributed by atoms with Crippen LogP contribution in [0.2, 0.25) is 0 Å². The fourth-order valence-electron chi connectivity index (χ4n) is 2.24. The van der Waals surface area contributed by atoms with Crippen LogP contribution in [0.15, 0.2) is 42.7 Å². The highest BCUT2D eigenvalue weighted by Gasteiger charge is 2.14. The summed E-state index contributed by atoms with van der Waals surface area (Å²) >= 11 is 0. The molecule has 0 saturated heterocycles. The van der Waals surface area contributed by atoms with E-state index in [-0.39, 0.29) is 5.78 Å². The van der Waals surface area contributed by atoms with Crippen LogP contribution in [0.25, 0.3) is 0 Å². The third kappa shape index (κ3) is 3.46. The van der Waals surface area contributed by atoms with E-state index in [2.05, 4.69) is 16.0 Å². The minimum Gasteiger partial charge on any atom is -0.367 e. The SMILES string of the molecule is CCN(Cc1ccncc1)c1cc(C#N)ccc1C(C)=O. The number of ketones is 1. The third-order valence-electron chi connectivity index (χ3n) is 3.35. The van der Waals surface area contributed by atoms with E-state index < -0.39 is 0 Å². The number of nitriles is 1. The van der Waals surface area contributed by atoms with Crippen molar-refractivity contribution < 1.29 is 4.79 Å². The van der Waals surface area contributed by atoms with Gasteiger partial charge in [-0.1, -0.05) is 0 Å². The fourth-order valence-corrected chi connectivity index (χ4v) is 2.24. The van der Waals surface area contributed by atoms with E-state index in [1.807, 2.05) is 19.1 Å². The van der Waals surface area contributed by atoms with E-state index in [4.69, 9.17) is 5.26 Å². The van der Waals surface area contributed by atoms with Gasteiger partial charge in [-0.25, -0.2) is 0 Å². The molecule has 2 rings (SSSR count). The van der Waals surface area contributed by atoms with Crippen LogP contribution in [0.1, 0.15) is 35.3 Å². The Hall–Kier alpha value is -2.67. The molecule has 0 saturated carbocycles. The molecule has 4 nitrogen and oxygen atoms in total. The van der Waals surface area contributed by atoms with Gasteiger partial charge in [0.05, 0.1) is 11.6 Å². The van der Waals surface area contributed by atoms with Crippen LogP contribution >= 0.6 is 0 Å². The number of pyridine rings is 1. The molecule has 1 aromatic heterocycles. The lowest BCUT2D eigenvalue weighted by atomic mass is 10.0. The molecule has 0 amide bonds. The van der Waals surface area contributed by atoms with E-state index in [9.17, 15) is 4.79 Å². The molecule has 0 unspecified atom stereocenters. The Morgan fingerprint density at radius 1 is 1.29 bits per heavy atom. The molecule has 4 heteroatoms. The average molecular weight is 279 g/mol. The molecular formula is C17H17N3O. The smallest absolute Gasteiger partial charge is 0.161 e. The van der Waals surface area contributed by atoms with Crippen molar-refractivity contribution in [2.45, 2.75) is 20.4 Å². The molecule has 0 aliphatic rings. The summed E-state index contributed by atoms with van der Waals surface area (Å²) in [5.74, 6) is 0.00247. The van der Waals surface area contributed by atoms with Gasteiger partial charge in [0.2, 0.25) is 0 Å². The van der Waals surface area contributed by atoms with Gasteiger partial charge in [-0.05, 0) is 49.7 Å². The zero-order chi connectivity index (χ0) is 15.2. The van der Waals surface area contributed by atoms with Crippen LogP contribution in [-0.2, 0) is 6.54 Å². The van der Waals surface area contributed by atoms with Gasteiger partial charge < -0.3 is 4.90 Å². The van der Waals surface area contributed by atoms with Crippen LogP contribution in [-0.4, -0.2) is 17.3 Å². The Kier molecular flexibility index (Phi) is 4.68. The number of aromatic nitrogens is 1. The predicted octanol–water partition coefficient (Wildman–Crippen LogP) is 3.18. The van der Waals surface area contributed by atoms with E-state index in [0.29, 0.717) is 17.7 Å². The van der Waals surface area contributed by atoms with E-state index in [0.717, 1.165) is 17.8 Å². The molecule has 1 aromatic carbocycles. The summed E-state index contributed by atoms with van der Waals surface area (Å²) in [5.41, 5.74) is 3.12. The maximum atomic E-state index is 11.8. The number of hydrogen-bond donors (Lipinski definition) is 0. The normalized spacial score (nSPS) is 9.95. The van der Waals surface area contributed by atoms with Gasteiger partial charge in [-0.2, -0.15) is 5.26 Å². The van der Waals surface area contributed by atoms with Crippen molar-refractivity contribution >= 4 is 11.5 Å². The van der Waals surface area contributed by atoms with E-state index in [1.54, 1.807) is 37.5 Å². The summed E-state index contributed by atoms with van der Waals surface area (Å²) in [7, 11) is 0. The molecular weight excluding hydrogens is 262 g/mol. The second-order valence-corrected chi connectivity index (χ2v) is 4.77. The number of carbonyl (C=O) groups excluding carboxylic acids is 1. The minimum atomic E-state index is 0.00247. The van der Waals surface area contributed by atoms with Crippen molar-refractivity contribution in [3.8, 4) is 6.07 Å². The van der Waals surface area contributed by atoms with Crippen LogP contribution in [0, 0.1) is 11.3 Å². The maximum absolute atomic E-state index is 11.8. The van der Waals surface area contributed by atoms with Crippen molar-refractivity contribution in [3.05, 3.63) is 59.4 Å². The first-order valence-electron chi connectivity index (χ1n) is 6.84. The average Bonchev–Trinajstić information content (AvgIpc) is 2.52. The number of hydrogen-bond acceptors (Lipinski definition) is 4. The Labute approximate surface area is 124 Å². The van der Waals surface area contributed by atoms with Gasteiger partial charge in [-0.3, -0.25) is 9.78 Å². The summed E-state index contributed by atoms with van der Waals surface area (Å²) in [6, 6.07) is 11.2. The summed E-state index contributed by atoms with van der Waals surface area (Å²) in [4.78, 5) is 17.9. The fraction of sp³-hybridized carbons (Fsp3) is 0.235. The largest absolute Gasteiger partial charge is 0.367 e. The molecule has 0 bridgehead atoms. The first-order chi connectivity index (χ1) is 10.2. The Morgan fingerprint density at radius 2 is 2.00 bits per heavy atom. The second-order valence-electron chi connectivity index (χ2n) is 4.77. The molecule has 0 radical (unpaired) electrons. The number of anilines is 1. The standard InChI is InChI=1S/C17H17N3O/c1-3-20(12-14-6-8-19-9-7-14)17-10-15(11-18)4-5-16(17)13(2)21/h4-10H,3,12H2,1-2H3. The molecule has 106 valence electrons. The van der Waals surface area contributed by atoms with Crippen molar-refractivity contribution in [2.75, 3.05) is 11.4 Å². The molecule has 0 atom stereocenters. The summed E-state index contributed by atoms with van der Waals surface area (Å²) in [6.45, 7) is 5.00. The van der Waals surface area contributed by atoms with Gasteiger partial charge in [0.15, 0.2) is 5.78 Å². The quantitative estimate of drug-likeness (QED) is 0.789. The van der Waals surface area contributed by atoms with Gasteiger partial charge in [0.25, 0.3) is 0 Å². The van der Waals surface area contributed by atoms with Crippen LogP contribution in [0.5, 0.6) is 0 Å². The first-order valence-corrected chi connectivity index (χ1v) is 6.84. The topological polar surface area (TPSA) is 57.0 Å². The van der Waals surface area contributed by atoms with Crippen molar-refractivity contribution in [1.82, 2.24) is 4.98 Å². The Morgan fingerprint density at radius 3 is 2.57 bits per heavy atom. The number of rotatable bonds is 5. The molecule has 0 spiro atoms. The van der Waals surface area contributed by atoms with Gasteiger partial charge in [0, 0.05) is 36.7 Å². The molecule has 0 aliphatic heterocycles. The highest BCUT2D eigenvalue weighted by Crippen LogP contribution is 2.24. The summed E-state index contributed by atoms with van der Waals surface area (Å²) in [5, 5.41) is 9.07. The second kappa shape index (κ2) is 6.67. The lowest BCUT2D eigenvalue weighted by molar-refractivity contribution is 0.101. The summed E-state index contributed by atoms with van der Waals surface area (Å²) < 4.78 is 0. The number of nitrogens with zero attached hydrogens (tertiary/aromatic N) is 3. The van der Waals surface area contributed by atoms with Gasteiger partial charge in [-0.15, -0.1) is 0 Å². The minimum absolute atomic E-state index is 0.00247. The number of benzene rings is 1. The van der Waals surface area contributed by atoms with Crippen LogP contribution in [0.3, 0.4) is 0 Å². The zero-order valence-corrected chi connectivity index (χ0v) is 12.2. The zero-order valence-electron chi connectivity index (χ0n) is 12.2. The number of Topliss-reactive ketones (excluding diaryl/α,β-unsaturated/α-hetero) is 1. The molecule has 21 heavy (non-hydrogen) atoms. The Bertz CT molecular complexity index is 674. The maximum Gasteiger partial charge on any atom is 0.161 e. The third-order valence-corrected chi connectivity index (χ3v) is 3.35.